The molecule has 1 heterocycles. The Bertz CT molecular complexity index is 1040. The van der Waals surface area contributed by atoms with Crippen LogP contribution < -0.4 is 10.6 Å². The van der Waals surface area contributed by atoms with Gasteiger partial charge in [0, 0.05) is 47.2 Å². The number of aryl methyl sites for hydroxylation is 1. The Kier molecular flexibility index (Phi) is 7.48. The van der Waals surface area contributed by atoms with Crippen LogP contribution >= 0.6 is 0 Å². The first-order valence-corrected chi connectivity index (χ1v) is 11.4. The first kappa shape index (κ1) is 23.7. The Balaban J connectivity index is 1.77. The van der Waals surface area contributed by atoms with E-state index < -0.39 is 6.04 Å². The third-order valence-corrected chi connectivity index (χ3v) is 6.47. The molecule has 2 amide bonds. The molecule has 1 aromatic heterocycles. The van der Waals surface area contributed by atoms with Gasteiger partial charge in [-0.2, -0.15) is 0 Å². The van der Waals surface area contributed by atoms with Crippen molar-refractivity contribution in [1.82, 2.24) is 15.2 Å². The topological polar surface area (TPSA) is 97.3 Å². The number of carbonyl (C=O) groups is 4. The van der Waals surface area contributed by atoms with Gasteiger partial charge in [-0.25, -0.2) is 0 Å². The van der Waals surface area contributed by atoms with E-state index in [4.69, 9.17) is 0 Å². The third-order valence-electron chi connectivity index (χ3n) is 6.47. The highest BCUT2D eigenvalue weighted by Crippen LogP contribution is 2.27. The fourth-order valence-electron chi connectivity index (χ4n) is 4.63. The highest BCUT2D eigenvalue weighted by molar-refractivity contribution is 6.08. The number of rotatable bonds is 9. The molecule has 1 aliphatic carbocycles. The molecule has 0 unspecified atom stereocenters. The van der Waals surface area contributed by atoms with E-state index >= 15 is 0 Å². The number of Topliss-reactive ketones (excluding diaryl/α,β-unsaturated/α-hetero) is 2. The number of fused-ring (bicyclic) bond motifs is 1. The molecular formula is C25H33N3O4. The zero-order valence-electron chi connectivity index (χ0n) is 19.4. The van der Waals surface area contributed by atoms with Crippen molar-refractivity contribution >= 4 is 34.3 Å². The van der Waals surface area contributed by atoms with Gasteiger partial charge >= 0.3 is 0 Å². The number of amides is 2. The van der Waals surface area contributed by atoms with Gasteiger partial charge in [0.1, 0.15) is 11.8 Å². The lowest BCUT2D eigenvalue weighted by atomic mass is 9.98. The SMILES string of the molecule is CCCC[C@H](NC(=O)c1ccc2c(C(C)=O)cn(C)c2c1)C(=O)N[C@H]1CCC[C@H]1C(C)=O. The van der Waals surface area contributed by atoms with Gasteiger partial charge in [-0.1, -0.05) is 32.3 Å². The van der Waals surface area contributed by atoms with Crippen LogP contribution in [0, 0.1) is 5.92 Å². The summed E-state index contributed by atoms with van der Waals surface area (Å²) < 4.78 is 1.83. The number of ketones is 2. The van der Waals surface area contributed by atoms with Crippen LogP contribution in [-0.2, 0) is 16.6 Å². The Morgan fingerprint density at radius 1 is 1.16 bits per heavy atom. The van der Waals surface area contributed by atoms with Crippen molar-refractivity contribution in [3.8, 4) is 0 Å². The largest absolute Gasteiger partial charge is 0.351 e. The van der Waals surface area contributed by atoms with Crippen LogP contribution in [0.3, 0.4) is 0 Å². The minimum atomic E-state index is -0.660. The summed E-state index contributed by atoms with van der Waals surface area (Å²) in [6.07, 6.45) is 6.50. The van der Waals surface area contributed by atoms with E-state index in [2.05, 4.69) is 10.6 Å². The molecule has 1 fully saturated rings. The van der Waals surface area contributed by atoms with Gasteiger partial charge in [-0.3, -0.25) is 19.2 Å². The minimum Gasteiger partial charge on any atom is -0.351 e. The van der Waals surface area contributed by atoms with Crippen LogP contribution in [0.5, 0.6) is 0 Å². The molecule has 1 aliphatic rings. The summed E-state index contributed by atoms with van der Waals surface area (Å²) in [7, 11) is 1.83. The predicted octanol–water partition coefficient (Wildman–Crippen LogP) is 3.54. The average molecular weight is 440 g/mol. The predicted molar refractivity (Wildman–Crippen MR) is 124 cm³/mol. The fourth-order valence-corrected chi connectivity index (χ4v) is 4.63. The van der Waals surface area contributed by atoms with Gasteiger partial charge in [0.05, 0.1) is 0 Å². The number of nitrogens with one attached hydrogen (secondary N) is 2. The van der Waals surface area contributed by atoms with Gasteiger partial charge in [-0.05, 0) is 45.2 Å². The van der Waals surface area contributed by atoms with Crippen LogP contribution in [0.4, 0.5) is 0 Å². The normalized spacial score (nSPS) is 19.0. The number of nitrogens with zero attached hydrogens (tertiary/aromatic N) is 1. The number of hydrogen-bond acceptors (Lipinski definition) is 4. The first-order chi connectivity index (χ1) is 15.2. The van der Waals surface area contributed by atoms with Crippen molar-refractivity contribution in [2.24, 2.45) is 13.0 Å². The molecule has 2 N–H and O–H groups in total. The smallest absolute Gasteiger partial charge is 0.252 e. The van der Waals surface area contributed by atoms with E-state index in [-0.39, 0.29) is 35.3 Å². The molecular weight excluding hydrogens is 406 g/mol. The maximum atomic E-state index is 13.0. The molecule has 0 radical (unpaired) electrons. The molecule has 1 aromatic carbocycles. The van der Waals surface area contributed by atoms with Crippen LogP contribution in [0.2, 0.25) is 0 Å². The molecule has 32 heavy (non-hydrogen) atoms. The second kappa shape index (κ2) is 10.1. The summed E-state index contributed by atoms with van der Waals surface area (Å²) in [5, 5.41) is 6.70. The Morgan fingerprint density at radius 3 is 2.56 bits per heavy atom. The summed E-state index contributed by atoms with van der Waals surface area (Å²) >= 11 is 0. The Morgan fingerprint density at radius 2 is 1.91 bits per heavy atom. The average Bonchev–Trinajstić information content (AvgIpc) is 3.35. The number of unbranched alkanes of at least 4 members (excludes halogenated alkanes) is 1. The van der Waals surface area contributed by atoms with Gasteiger partial charge in [0.25, 0.3) is 5.91 Å². The third kappa shape index (κ3) is 5.09. The van der Waals surface area contributed by atoms with E-state index in [1.807, 2.05) is 18.5 Å². The van der Waals surface area contributed by atoms with Crippen molar-refractivity contribution in [3.63, 3.8) is 0 Å². The Labute approximate surface area is 188 Å². The second-order valence-corrected chi connectivity index (χ2v) is 8.87. The lowest BCUT2D eigenvalue weighted by Crippen LogP contribution is -2.51. The lowest BCUT2D eigenvalue weighted by molar-refractivity contribution is -0.125. The summed E-state index contributed by atoms with van der Waals surface area (Å²) in [6, 6.07) is 4.38. The molecule has 0 aliphatic heterocycles. The molecule has 7 heteroatoms. The first-order valence-electron chi connectivity index (χ1n) is 11.4. The van der Waals surface area contributed by atoms with Crippen LogP contribution in [0.25, 0.3) is 10.9 Å². The van der Waals surface area contributed by atoms with E-state index in [1.54, 1.807) is 31.3 Å². The van der Waals surface area contributed by atoms with Crippen LogP contribution in [0.1, 0.15) is 80.0 Å². The summed E-state index contributed by atoms with van der Waals surface area (Å²) in [4.78, 5) is 49.8. The maximum Gasteiger partial charge on any atom is 0.252 e. The highest BCUT2D eigenvalue weighted by atomic mass is 16.2. The highest BCUT2D eigenvalue weighted by Gasteiger charge is 2.33. The van der Waals surface area contributed by atoms with Gasteiger partial charge in [-0.15, -0.1) is 0 Å². The molecule has 0 bridgehead atoms. The van der Waals surface area contributed by atoms with Gasteiger partial charge in [0.15, 0.2) is 5.78 Å². The van der Waals surface area contributed by atoms with E-state index in [9.17, 15) is 19.2 Å². The zero-order chi connectivity index (χ0) is 23.4. The lowest BCUT2D eigenvalue weighted by Gasteiger charge is -2.24. The molecule has 3 atom stereocenters. The van der Waals surface area contributed by atoms with E-state index in [1.165, 1.54) is 6.92 Å². The molecule has 7 nitrogen and oxygen atoms in total. The van der Waals surface area contributed by atoms with Crippen LogP contribution in [-0.4, -0.2) is 40.0 Å². The number of carbonyl (C=O) groups excluding carboxylic acids is 4. The van der Waals surface area contributed by atoms with E-state index in [0.717, 1.165) is 43.0 Å². The Hall–Kier alpha value is -2.96. The van der Waals surface area contributed by atoms with Crippen molar-refractivity contribution in [2.45, 2.75) is 71.4 Å². The number of aromatic nitrogens is 1. The van der Waals surface area contributed by atoms with Crippen molar-refractivity contribution in [2.75, 3.05) is 0 Å². The molecule has 0 saturated heterocycles. The molecule has 0 spiro atoms. The molecule has 2 aromatic rings. The number of benzene rings is 1. The second-order valence-electron chi connectivity index (χ2n) is 8.87. The van der Waals surface area contributed by atoms with Gasteiger partial charge < -0.3 is 15.2 Å². The zero-order valence-corrected chi connectivity index (χ0v) is 19.4. The molecule has 3 rings (SSSR count). The van der Waals surface area contributed by atoms with Crippen molar-refractivity contribution in [3.05, 3.63) is 35.5 Å². The number of hydrogen-bond donors (Lipinski definition) is 2. The minimum absolute atomic E-state index is 0.0279. The van der Waals surface area contributed by atoms with E-state index in [0.29, 0.717) is 17.5 Å². The van der Waals surface area contributed by atoms with Gasteiger partial charge in [0.2, 0.25) is 5.91 Å². The fraction of sp³-hybridized carbons (Fsp3) is 0.520. The maximum absolute atomic E-state index is 13.0. The molecule has 172 valence electrons. The summed E-state index contributed by atoms with van der Waals surface area (Å²) in [6.45, 7) is 5.13. The van der Waals surface area contributed by atoms with Crippen molar-refractivity contribution < 1.29 is 19.2 Å². The molecule has 1 saturated carbocycles. The van der Waals surface area contributed by atoms with Crippen LogP contribution in [0.15, 0.2) is 24.4 Å². The summed E-state index contributed by atoms with van der Waals surface area (Å²) in [5.74, 6) is -0.633. The quantitative estimate of drug-likeness (QED) is 0.584. The monoisotopic (exact) mass is 439 g/mol. The van der Waals surface area contributed by atoms with Crippen molar-refractivity contribution in [1.29, 1.82) is 0 Å². The summed E-state index contributed by atoms with van der Waals surface area (Å²) in [5.41, 5.74) is 1.84. The standard InChI is InChI=1S/C25H33N3O4/c1-5-6-9-22(25(32)26-21-10-7-8-18(21)15(2)29)27-24(31)17-11-12-19-20(16(3)30)14-28(4)23(19)13-17/h11-14,18,21-22H,5-10H2,1-4H3,(H,26,32)(H,27,31)/t18-,21-,22-/m0/s1.